The molecule has 0 fully saturated rings. The number of rotatable bonds is 6. The summed E-state index contributed by atoms with van der Waals surface area (Å²) < 4.78 is 10.4. The molecule has 0 saturated carbocycles. The Morgan fingerprint density at radius 1 is 1.08 bits per heavy atom. The zero-order chi connectivity index (χ0) is 18.0. The van der Waals surface area contributed by atoms with Crippen LogP contribution >= 0.6 is 11.8 Å². The van der Waals surface area contributed by atoms with E-state index < -0.39 is 0 Å². The average molecular weight is 436 g/mol. The van der Waals surface area contributed by atoms with Crippen molar-refractivity contribution in [3.63, 3.8) is 0 Å². The first kappa shape index (κ1) is 20.3. The quantitative estimate of drug-likeness (QED) is 0.465. The summed E-state index contributed by atoms with van der Waals surface area (Å²) in [5, 5.41) is 0.744. The molecule has 0 aliphatic rings. The molecule has 0 saturated heterocycles. The Kier molecular flexibility index (Phi) is 6.72. The number of hydrogen-bond donors (Lipinski definition) is 1. The molecule has 0 atom stereocenters. The van der Waals surface area contributed by atoms with Crippen molar-refractivity contribution in [2.24, 2.45) is 0 Å². The van der Waals surface area contributed by atoms with Crippen LogP contribution in [0.4, 0.5) is 0 Å². The maximum absolute atomic E-state index is 12.5. The largest absolute Gasteiger partial charge is 1.00 e. The van der Waals surface area contributed by atoms with Crippen LogP contribution in [-0.4, -0.2) is 35.7 Å². The van der Waals surface area contributed by atoms with Gasteiger partial charge in [0.05, 0.1) is 31.0 Å². The van der Waals surface area contributed by atoms with E-state index >= 15 is 0 Å². The lowest BCUT2D eigenvalue weighted by molar-refractivity contribution is -0.0000135. The highest BCUT2D eigenvalue weighted by Crippen LogP contribution is 2.29. The smallest absolute Gasteiger partial charge is 0.173 e. The SMILES string of the molecule is COc1ccc(C(=O)CSc2nc3cc(C)c(C)cc3[nH]2)cc1OC.[Br-]. The van der Waals surface area contributed by atoms with Crippen LogP contribution in [0, 0.1) is 13.8 Å². The summed E-state index contributed by atoms with van der Waals surface area (Å²) in [6.07, 6.45) is 0. The second-order valence-corrected chi connectivity index (χ2v) is 6.74. The maximum Gasteiger partial charge on any atom is 0.173 e. The number of aromatic nitrogens is 2. The fourth-order valence-electron chi connectivity index (χ4n) is 2.54. The average Bonchev–Trinajstić information content (AvgIpc) is 3.01. The molecule has 0 amide bonds. The number of methoxy groups -OCH3 is 2. The number of benzene rings is 2. The van der Waals surface area contributed by atoms with E-state index in [1.165, 1.54) is 22.9 Å². The lowest BCUT2D eigenvalue weighted by atomic mass is 10.1. The van der Waals surface area contributed by atoms with E-state index in [-0.39, 0.29) is 22.8 Å². The zero-order valence-electron chi connectivity index (χ0n) is 15.1. The number of ketones is 1. The number of fused-ring (bicyclic) bond motifs is 1. The Labute approximate surface area is 167 Å². The summed E-state index contributed by atoms with van der Waals surface area (Å²) in [7, 11) is 3.12. The zero-order valence-corrected chi connectivity index (χ0v) is 17.5. The number of halogens is 1. The normalized spacial score (nSPS) is 10.5. The van der Waals surface area contributed by atoms with Gasteiger partial charge in [0, 0.05) is 5.56 Å². The molecule has 0 unspecified atom stereocenters. The van der Waals surface area contributed by atoms with Gasteiger partial charge in [-0.2, -0.15) is 0 Å². The van der Waals surface area contributed by atoms with Crippen LogP contribution in [0.3, 0.4) is 0 Å². The van der Waals surface area contributed by atoms with E-state index in [1.807, 2.05) is 0 Å². The molecule has 26 heavy (non-hydrogen) atoms. The molecule has 2 aromatic carbocycles. The molecule has 1 N–H and O–H groups in total. The number of H-pyrrole nitrogens is 1. The van der Waals surface area contributed by atoms with Crippen molar-refractivity contribution in [3.05, 3.63) is 47.0 Å². The van der Waals surface area contributed by atoms with E-state index in [0.29, 0.717) is 22.8 Å². The minimum atomic E-state index is 0. The number of ether oxygens (including phenoxy) is 2. The van der Waals surface area contributed by atoms with E-state index in [0.717, 1.165) is 16.2 Å². The number of Topliss-reactive ketones (excluding diaryl/α,β-unsaturated/α-hetero) is 1. The van der Waals surface area contributed by atoms with Gasteiger partial charge in [0.1, 0.15) is 0 Å². The molecule has 5 nitrogen and oxygen atoms in total. The summed E-state index contributed by atoms with van der Waals surface area (Å²) in [5.41, 5.74) is 4.92. The maximum atomic E-state index is 12.5. The van der Waals surface area contributed by atoms with Gasteiger partial charge in [-0.15, -0.1) is 0 Å². The highest BCUT2D eigenvalue weighted by Gasteiger charge is 2.13. The number of carbonyl (C=O) groups excluding carboxylic acids is 1. The van der Waals surface area contributed by atoms with Gasteiger partial charge < -0.3 is 31.4 Å². The fourth-order valence-corrected chi connectivity index (χ4v) is 3.32. The molecule has 3 rings (SSSR count). The van der Waals surface area contributed by atoms with Gasteiger partial charge >= 0.3 is 0 Å². The number of aromatic amines is 1. The van der Waals surface area contributed by atoms with Crippen LogP contribution in [0.25, 0.3) is 11.0 Å². The monoisotopic (exact) mass is 435 g/mol. The van der Waals surface area contributed by atoms with Gasteiger partial charge in [-0.3, -0.25) is 4.79 Å². The molecular weight excluding hydrogens is 416 g/mol. The summed E-state index contributed by atoms with van der Waals surface area (Å²) in [5.74, 6) is 1.47. The molecule has 0 spiro atoms. The molecular formula is C19H20BrN2O3S-. The van der Waals surface area contributed by atoms with Gasteiger partial charge in [0.15, 0.2) is 22.4 Å². The molecule has 1 aromatic heterocycles. The summed E-state index contributed by atoms with van der Waals surface area (Å²) in [4.78, 5) is 20.3. The lowest BCUT2D eigenvalue weighted by Gasteiger charge is -2.08. The van der Waals surface area contributed by atoms with Crippen molar-refractivity contribution in [1.82, 2.24) is 9.97 Å². The minimum absolute atomic E-state index is 0. The molecule has 0 aliphatic heterocycles. The van der Waals surface area contributed by atoms with Crippen molar-refractivity contribution >= 4 is 28.6 Å². The Morgan fingerprint density at radius 2 is 1.77 bits per heavy atom. The van der Waals surface area contributed by atoms with E-state index in [9.17, 15) is 4.79 Å². The van der Waals surface area contributed by atoms with E-state index in [4.69, 9.17) is 9.47 Å². The number of carbonyl (C=O) groups is 1. The van der Waals surface area contributed by atoms with Crippen molar-refractivity contribution in [1.29, 1.82) is 0 Å². The molecule has 0 radical (unpaired) electrons. The molecule has 7 heteroatoms. The van der Waals surface area contributed by atoms with Crippen LogP contribution in [-0.2, 0) is 0 Å². The third-order valence-corrected chi connectivity index (χ3v) is 4.99. The predicted molar refractivity (Wildman–Crippen MR) is 100 cm³/mol. The second-order valence-electron chi connectivity index (χ2n) is 5.78. The Hall–Kier alpha value is -1.99. The van der Waals surface area contributed by atoms with E-state index in [2.05, 4.69) is 35.9 Å². The number of aryl methyl sites for hydroxylation is 2. The summed E-state index contributed by atoms with van der Waals surface area (Å²) in [6.45, 7) is 4.14. The highest BCUT2D eigenvalue weighted by molar-refractivity contribution is 7.99. The first-order chi connectivity index (χ1) is 12.0. The molecule has 1 heterocycles. The van der Waals surface area contributed by atoms with Crippen LogP contribution in [0.2, 0.25) is 0 Å². The van der Waals surface area contributed by atoms with Crippen molar-refractivity contribution < 1.29 is 31.2 Å². The van der Waals surface area contributed by atoms with E-state index in [1.54, 1.807) is 32.4 Å². The van der Waals surface area contributed by atoms with Gasteiger partial charge in [0.2, 0.25) is 0 Å². The van der Waals surface area contributed by atoms with Gasteiger partial charge in [-0.1, -0.05) is 11.8 Å². The Balaban J connectivity index is 0.00000243. The topological polar surface area (TPSA) is 64.2 Å². The second kappa shape index (κ2) is 8.60. The van der Waals surface area contributed by atoms with Gasteiger partial charge in [0.25, 0.3) is 0 Å². The minimum Gasteiger partial charge on any atom is -1.00 e. The van der Waals surface area contributed by atoms with Gasteiger partial charge in [-0.25, -0.2) is 4.98 Å². The summed E-state index contributed by atoms with van der Waals surface area (Å²) >= 11 is 1.40. The van der Waals surface area contributed by atoms with Crippen LogP contribution in [0.15, 0.2) is 35.5 Å². The fraction of sp³-hybridized carbons (Fsp3) is 0.263. The number of nitrogens with one attached hydrogen (secondary N) is 1. The van der Waals surface area contributed by atoms with Crippen molar-refractivity contribution in [2.45, 2.75) is 19.0 Å². The van der Waals surface area contributed by atoms with Crippen molar-refractivity contribution in [3.8, 4) is 11.5 Å². The number of thioether (sulfide) groups is 1. The van der Waals surface area contributed by atoms with Gasteiger partial charge in [-0.05, 0) is 55.3 Å². The summed E-state index contributed by atoms with van der Waals surface area (Å²) in [6, 6.07) is 9.32. The highest BCUT2D eigenvalue weighted by atomic mass is 79.9. The molecule has 0 bridgehead atoms. The van der Waals surface area contributed by atoms with Crippen LogP contribution in [0.1, 0.15) is 21.5 Å². The van der Waals surface area contributed by atoms with Crippen LogP contribution in [0.5, 0.6) is 11.5 Å². The number of imidazole rings is 1. The molecule has 0 aliphatic carbocycles. The Morgan fingerprint density at radius 3 is 2.46 bits per heavy atom. The number of nitrogens with zero attached hydrogens (tertiary/aromatic N) is 1. The first-order valence-corrected chi connectivity index (χ1v) is 8.85. The molecule has 138 valence electrons. The standard InChI is InChI=1S/C19H20N2O3S.BrH/c1-11-7-14-15(8-12(11)2)21-19(20-14)25-10-16(22)13-5-6-17(23-3)18(9-13)24-4;/h5-9H,10H2,1-4H3,(H,20,21);1H/p-1. The first-order valence-electron chi connectivity index (χ1n) is 7.87. The number of hydrogen-bond acceptors (Lipinski definition) is 5. The Bertz CT molecular complexity index is 901. The lowest BCUT2D eigenvalue weighted by Crippen LogP contribution is -3.00. The third kappa shape index (κ3) is 4.22. The molecule has 3 aromatic rings. The predicted octanol–water partition coefficient (Wildman–Crippen LogP) is 1.18. The third-order valence-electron chi connectivity index (χ3n) is 4.12. The van der Waals surface area contributed by atoms with Crippen LogP contribution < -0.4 is 26.5 Å². The van der Waals surface area contributed by atoms with Crippen molar-refractivity contribution in [2.75, 3.05) is 20.0 Å².